The Morgan fingerprint density at radius 2 is 1.50 bits per heavy atom. The molecule has 2 N–H and O–H groups in total. The van der Waals surface area contributed by atoms with Gasteiger partial charge in [0, 0.05) is 17.0 Å². The minimum atomic E-state index is -0.462. The van der Waals surface area contributed by atoms with Gasteiger partial charge in [-0.1, -0.05) is 53.7 Å². The van der Waals surface area contributed by atoms with Gasteiger partial charge < -0.3 is 14.9 Å². The first-order valence-corrected chi connectivity index (χ1v) is 13.8. The number of aromatic nitrogens is 4. The van der Waals surface area contributed by atoms with Crippen LogP contribution in [0.5, 0.6) is 0 Å². The minimum absolute atomic E-state index is 0.0644. The molecule has 4 unspecified atom stereocenters. The number of nitrogens with zero attached hydrogens (tertiary/aromatic N) is 4. The fraction of sp³-hybridized carbons (Fsp3) is 0.548. The van der Waals surface area contributed by atoms with Gasteiger partial charge in [-0.15, -0.1) is 0 Å². The zero-order valence-corrected chi connectivity index (χ0v) is 23.6. The monoisotopic (exact) mass is 518 g/mol. The highest BCUT2D eigenvalue weighted by Gasteiger charge is 2.29. The molecule has 204 valence electrons. The summed E-state index contributed by atoms with van der Waals surface area (Å²) in [5.41, 5.74) is 5.01. The van der Waals surface area contributed by atoms with Crippen LogP contribution in [0.25, 0.3) is 21.8 Å². The molecule has 3 heterocycles. The summed E-state index contributed by atoms with van der Waals surface area (Å²) in [6.07, 6.45) is 6.24. The molecular weight excluding hydrogens is 476 g/mol. The normalized spacial score (nSPS) is 24.2. The Labute approximate surface area is 225 Å². The lowest BCUT2D eigenvalue weighted by atomic mass is 9.86. The average molecular weight is 519 g/mol. The number of aliphatic hydroxyl groups excluding tert-OH is 2. The van der Waals surface area contributed by atoms with Crippen LogP contribution in [0, 0.1) is 0 Å². The van der Waals surface area contributed by atoms with Gasteiger partial charge in [0.1, 0.15) is 12.1 Å². The van der Waals surface area contributed by atoms with Crippen LogP contribution in [0.4, 0.5) is 0 Å². The molecule has 0 radical (unpaired) electrons. The molecule has 7 nitrogen and oxygen atoms in total. The van der Waals surface area contributed by atoms with Gasteiger partial charge in [0.25, 0.3) is 0 Å². The molecule has 7 heteroatoms. The van der Waals surface area contributed by atoms with E-state index in [-0.39, 0.29) is 29.0 Å². The topological polar surface area (TPSA) is 85.3 Å². The van der Waals surface area contributed by atoms with E-state index in [4.69, 9.17) is 4.74 Å². The Bertz CT molecular complexity index is 1390. The van der Waals surface area contributed by atoms with Gasteiger partial charge >= 0.3 is 0 Å². The van der Waals surface area contributed by atoms with Crippen LogP contribution in [-0.2, 0) is 15.6 Å². The minimum Gasteiger partial charge on any atom is -0.391 e. The maximum atomic E-state index is 10.0. The summed E-state index contributed by atoms with van der Waals surface area (Å²) in [5, 5.41) is 31.3. The molecule has 2 aromatic carbocycles. The second-order valence-electron chi connectivity index (χ2n) is 13.0. The third-order valence-corrected chi connectivity index (χ3v) is 7.97. The van der Waals surface area contributed by atoms with E-state index in [0.717, 1.165) is 35.7 Å². The summed E-state index contributed by atoms with van der Waals surface area (Å²) in [5.74, 6) is 0. The SMILES string of the molecule is CC(C)(C)c1ccc2c(cnn2C2CCCC2O)c1.CC(C)(C)c1ccc2nn(C3COCC3O)cc2c1. The molecule has 2 fully saturated rings. The fourth-order valence-corrected chi connectivity index (χ4v) is 5.46. The summed E-state index contributed by atoms with van der Waals surface area (Å²) in [6, 6.07) is 13.0. The predicted molar refractivity (Wildman–Crippen MR) is 152 cm³/mol. The summed E-state index contributed by atoms with van der Waals surface area (Å²) in [7, 11) is 0. The van der Waals surface area contributed by atoms with Gasteiger partial charge in [-0.3, -0.25) is 9.36 Å². The number of hydrogen-bond donors (Lipinski definition) is 2. The van der Waals surface area contributed by atoms with Gasteiger partial charge in [-0.2, -0.15) is 10.2 Å². The number of fused-ring (bicyclic) bond motifs is 2. The van der Waals surface area contributed by atoms with E-state index >= 15 is 0 Å². The highest BCUT2D eigenvalue weighted by molar-refractivity contribution is 5.80. The molecule has 0 bridgehead atoms. The van der Waals surface area contributed by atoms with Crippen LogP contribution in [0.2, 0.25) is 0 Å². The highest BCUT2D eigenvalue weighted by Crippen LogP contribution is 2.33. The van der Waals surface area contributed by atoms with Gasteiger partial charge in [0.05, 0.1) is 42.6 Å². The third-order valence-electron chi connectivity index (χ3n) is 7.97. The van der Waals surface area contributed by atoms with Crippen molar-refractivity contribution in [3.63, 3.8) is 0 Å². The number of aliphatic hydroxyl groups is 2. The van der Waals surface area contributed by atoms with Crippen molar-refractivity contribution in [1.82, 2.24) is 19.6 Å². The lowest BCUT2D eigenvalue weighted by Crippen LogP contribution is -2.22. The van der Waals surface area contributed by atoms with Crippen molar-refractivity contribution in [1.29, 1.82) is 0 Å². The fourth-order valence-electron chi connectivity index (χ4n) is 5.46. The molecule has 1 saturated heterocycles. The quantitative estimate of drug-likeness (QED) is 0.356. The Hall–Kier alpha value is -2.74. The summed E-state index contributed by atoms with van der Waals surface area (Å²) >= 11 is 0. The molecule has 2 aliphatic rings. The van der Waals surface area contributed by atoms with E-state index in [9.17, 15) is 10.2 Å². The third kappa shape index (κ3) is 5.37. The van der Waals surface area contributed by atoms with Crippen LogP contribution >= 0.6 is 0 Å². The van der Waals surface area contributed by atoms with Crippen molar-refractivity contribution in [3.05, 3.63) is 59.9 Å². The summed E-state index contributed by atoms with van der Waals surface area (Å²) in [6.45, 7) is 14.2. The Balaban J connectivity index is 0.000000155. The lowest BCUT2D eigenvalue weighted by Gasteiger charge is -2.20. The molecule has 1 saturated carbocycles. The van der Waals surface area contributed by atoms with Gasteiger partial charge in [0.2, 0.25) is 0 Å². The number of ether oxygens (including phenoxy) is 1. The van der Waals surface area contributed by atoms with Crippen molar-refractivity contribution < 1.29 is 14.9 Å². The van der Waals surface area contributed by atoms with E-state index in [1.54, 1.807) is 0 Å². The second-order valence-corrected chi connectivity index (χ2v) is 13.0. The largest absolute Gasteiger partial charge is 0.391 e. The molecular formula is C31H42N4O3. The van der Waals surface area contributed by atoms with Crippen LogP contribution in [0.1, 0.15) is 84.0 Å². The van der Waals surface area contributed by atoms with Crippen LogP contribution in [0.15, 0.2) is 48.8 Å². The number of hydrogen-bond acceptors (Lipinski definition) is 5. The molecule has 0 amide bonds. The lowest BCUT2D eigenvalue weighted by molar-refractivity contribution is 0.118. The first kappa shape index (κ1) is 26.9. The number of benzene rings is 2. The summed E-state index contributed by atoms with van der Waals surface area (Å²) in [4.78, 5) is 0. The van der Waals surface area contributed by atoms with E-state index in [0.29, 0.717) is 13.2 Å². The molecule has 4 aromatic rings. The van der Waals surface area contributed by atoms with E-state index < -0.39 is 6.10 Å². The Morgan fingerprint density at radius 1 is 0.816 bits per heavy atom. The highest BCUT2D eigenvalue weighted by atomic mass is 16.5. The van der Waals surface area contributed by atoms with Gasteiger partial charge in [0.15, 0.2) is 0 Å². The van der Waals surface area contributed by atoms with Gasteiger partial charge in [-0.25, -0.2) is 0 Å². The van der Waals surface area contributed by atoms with Crippen LogP contribution in [-0.4, -0.2) is 55.2 Å². The molecule has 1 aliphatic heterocycles. The maximum Gasteiger partial charge on any atom is 0.103 e. The van der Waals surface area contributed by atoms with E-state index in [1.165, 1.54) is 16.5 Å². The zero-order chi connectivity index (χ0) is 27.2. The molecule has 6 rings (SSSR count). The average Bonchev–Trinajstić information content (AvgIpc) is 3.63. The molecule has 38 heavy (non-hydrogen) atoms. The molecule has 4 atom stereocenters. The molecule has 1 aliphatic carbocycles. The van der Waals surface area contributed by atoms with Crippen molar-refractivity contribution in [2.45, 2.75) is 95.9 Å². The zero-order valence-electron chi connectivity index (χ0n) is 23.6. The molecule has 2 aromatic heterocycles. The van der Waals surface area contributed by atoms with Crippen molar-refractivity contribution >= 4 is 21.8 Å². The summed E-state index contributed by atoms with van der Waals surface area (Å²) < 4.78 is 9.14. The van der Waals surface area contributed by atoms with Crippen molar-refractivity contribution in [3.8, 4) is 0 Å². The van der Waals surface area contributed by atoms with Crippen LogP contribution in [0.3, 0.4) is 0 Å². The van der Waals surface area contributed by atoms with Gasteiger partial charge in [-0.05, 0) is 65.5 Å². The second kappa shape index (κ2) is 10.1. The predicted octanol–water partition coefficient (Wildman–Crippen LogP) is 5.69. The standard InChI is InChI=1S/C16H22N2O.C15H20N2O2/c1-16(2,3)12-7-8-13-11(9-12)10-17-18(13)14-5-4-6-15(14)19;1-15(2,3)11-4-5-12-10(6-11)7-17(16-12)13-8-19-9-14(13)18/h7-10,14-15,19H,4-6H2,1-3H3;4-7,13-14,18H,8-9H2,1-3H3. The van der Waals surface area contributed by atoms with Crippen molar-refractivity contribution in [2.24, 2.45) is 0 Å². The van der Waals surface area contributed by atoms with Crippen LogP contribution < -0.4 is 0 Å². The maximum absolute atomic E-state index is 10.0. The smallest absolute Gasteiger partial charge is 0.103 e. The van der Waals surface area contributed by atoms with Crippen molar-refractivity contribution in [2.75, 3.05) is 13.2 Å². The Morgan fingerprint density at radius 3 is 2.11 bits per heavy atom. The van der Waals surface area contributed by atoms with E-state index in [2.05, 4.69) is 88.1 Å². The number of rotatable bonds is 2. The van der Waals surface area contributed by atoms with E-state index in [1.807, 2.05) is 21.8 Å². The first-order chi connectivity index (χ1) is 17.9. The Kier molecular flexibility index (Phi) is 7.14. The molecule has 0 spiro atoms. The first-order valence-electron chi connectivity index (χ1n) is 13.8.